The molecule has 0 radical (unpaired) electrons. The second-order valence-electron chi connectivity index (χ2n) is 2.41. The van der Waals surface area contributed by atoms with E-state index in [-0.39, 0.29) is 11.4 Å². The summed E-state index contributed by atoms with van der Waals surface area (Å²) in [5.41, 5.74) is 0.0329. The first-order chi connectivity index (χ1) is 6.79. The molecule has 0 bridgehead atoms. The van der Waals surface area contributed by atoms with E-state index in [1.807, 2.05) is 0 Å². The van der Waals surface area contributed by atoms with E-state index in [9.17, 15) is 4.79 Å². The van der Waals surface area contributed by atoms with Gasteiger partial charge in [0.05, 0.1) is 6.20 Å². The van der Waals surface area contributed by atoms with Gasteiger partial charge in [-0.15, -0.1) is 5.10 Å². The molecule has 2 aromatic heterocycles. The van der Waals surface area contributed by atoms with E-state index in [1.54, 1.807) is 0 Å². The Kier molecular flexibility index (Phi) is 1.90. The molecule has 0 aliphatic heterocycles. The van der Waals surface area contributed by atoms with Crippen LogP contribution in [-0.2, 0) is 0 Å². The van der Waals surface area contributed by atoms with E-state index in [0.29, 0.717) is 0 Å². The van der Waals surface area contributed by atoms with E-state index in [2.05, 4.69) is 20.3 Å². The fraction of sp³-hybridized carbons (Fsp3) is 0. The zero-order chi connectivity index (χ0) is 9.97. The third kappa shape index (κ3) is 1.30. The molecular formula is C7H5N5O2. The van der Waals surface area contributed by atoms with Crippen molar-refractivity contribution in [3.05, 3.63) is 30.5 Å². The lowest BCUT2D eigenvalue weighted by atomic mass is 10.3. The summed E-state index contributed by atoms with van der Waals surface area (Å²) in [6.45, 7) is 0. The second kappa shape index (κ2) is 3.21. The van der Waals surface area contributed by atoms with Crippen molar-refractivity contribution in [1.82, 2.24) is 25.0 Å². The molecule has 0 saturated carbocycles. The Morgan fingerprint density at radius 2 is 2.36 bits per heavy atom. The van der Waals surface area contributed by atoms with Crippen LogP contribution in [0.4, 0.5) is 0 Å². The second-order valence-corrected chi connectivity index (χ2v) is 2.41. The van der Waals surface area contributed by atoms with Crippen molar-refractivity contribution in [3.8, 4) is 5.82 Å². The van der Waals surface area contributed by atoms with E-state index in [0.717, 1.165) is 0 Å². The van der Waals surface area contributed by atoms with E-state index < -0.39 is 5.97 Å². The molecule has 0 unspecified atom stereocenters. The molecule has 0 saturated heterocycles. The van der Waals surface area contributed by atoms with Crippen LogP contribution < -0.4 is 0 Å². The number of hydrogen-bond donors (Lipinski definition) is 1. The predicted octanol–water partition coefficient (Wildman–Crippen LogP) is -0.244. The van der Waals surface area contributed by atoms with Crippen LogP contribution in [0.2, 0.25) is 0 Å². The molecule has 7 heteroatoms. The quantitative estimate of drug-likeness (QED) is 0.703. The molecule has 2 aromatic rings. The summed E-state index contributed by atoms with van der Waals surface area (Å²) >= 11 is 0. The third-order valence-electron chi connectivity index (χ3n) is 1.57. The minimum atomic E-state index is -1.08. The van der Waals surface area contributed by atoms with Gasteiger partial charge in [0.2, 0.25) is 0 Å². The van der Waals surface area contributed by atoms with Gasteiger partial charge in [0, 0.05) is 0 Å². The Bertz CT molecular complexity index is 453. The summed E-state index contributed by atoms with van der Waals surface area (Å²) in [7, 11) is 0. The first-order valence-electron chi connectivity index (χ1n) is 3.69. The van der Waals surface area contributed by atoms with Crippen LogP contribution in [0, 0.1) is 0 Å². The van der Waals surface area contributed by atoms with Crippen molar-refractivity contribution < 1.29 is 9.90 Å². The highest BCUT2D eigenvalue weighted by Gasteiger charge is 2.12. The van der Waals surface area contributed by atoms with Crippen molar-refractivity contribution in [2.75, 3.05) is 0 Å². The molecule has 1 N–H and O–H groups in total. The van der Waals surface area contributed by atoms with Crippen LogP contribution in [0.5, 0.6) is 0 Å². The van der Waals surface area contributed by atoms with Gasteiger partial charge < -0.3 is 5.11 Å². The summed E-state index contributed by atoms with van der Waals surface area (Å²) in [6, 6.07) is 1.35. The molecule has 0 spiro atoms. The number of aromatic carboxylic acids is 1. The van der Waals surface area contributed by atoms with Crippen LogP contribution in [0.3, 0.4) is 0 Å². The number of carboxylic acid groups (broad SMARTS) is 1. The largest absolute Gasteiger partial charge is 0.478 e. The highest BCUT2D eigenvalue weighted by Crippen LogP contribution is 2.07. The molecule has 0 fully saturated rings. The fourth-order valence-electron chi connectivity index (χ4n) is 0.978. The molecule has 2 heterocycles. The molecule has 14 heavy (non-hydrogen) atoms. The molecule has 0 amide bonds. The summed E-state index contributed by atoms with van der Waals surface area (Å²) in [4.78, 5) is 14.5. The van der Waals surface area contributed by atoms with Crippen LogP contribution in [-0.4, -0.2) is 36.0 Å². The van der Waals surface area contributed by atoms with Crippen LogP contribution >= 0.6 is 0 Å². The van der Waals surface area contributed by atoms with Crippen LogP contribution in [0.1, 0.15) is 10.4 Å². The lowest BCUT2D eigenvalue weighted by Crippen LogP contribution is -2.08. The van der Waals surface area contributed by atoms with E-state index in [4.69, 9.17) is 5.11 Å². The molecule has 0 aromatic carbocycles. The topological polar surface area (TPSA) is 93.8 Å². The number of carbonyl (C=O) groups is 1. The van der Waals surface area contributed by atoms with Gasteiger partial charge in [0.25, 0.3) is 0 Å². The fourth-order valence-corrected chi connectivity index (χ4v) is 0.978. The first-order valence-corrected chi connectivity index (χ1v) is 3.69. The zero-order valence-electron chi connectivity index (χ0n) is 6.90. The van der Waals surface area contributed by atoms with Gasteiger partial charge in [-0.1, -0.05) is 0 Å². The number of rotatable bonds is 2. The van der Waals surface area contributed by atoms with Crippen molar-refractivity contribution in [3.63, 3.8) is 0 Å². The van der Waals surface area contributed by atoms with Crippen LogP contribution in [0.15, 0.2) is 24.9 Å². The molecule has 2 rings (SSSR count). The Hall–Kier alpha value is -2.31. The minimum absolute atomic E-state index is 0.0329. The Morgan fingerprint density at radius 1 is 1.50 bits per heavy atom. The average Bonchev–Trinajstić information content (AvgIpc) is 2.70. The average molecular weight is 191 g/mol. The molecule has 70 valence electrons. The highest BCUT2D eigenvalue weighted by atomic mass is 16.4. The molecule has 0 aliphatic carbocycles. The Balaban J connectivity index is 2.58. The normalized spacial score (nSPS) is 10.0. The third-order valence-corrected chi connectivity index (χ3v) is 1.57. The minimum Gasteiger partial charge on any atom is -0.478 e. The summed E-state index contributed by atoms with van der Waals surface area (Å²) in [5, 5.41) is 19.9. The summed E-state index contributed by atoms with van der Waals surface area (Å²) in [5.74, 6) is -0.928. The van der Waals surface area contributed by atoms with Gasteiger partial charge in [-0.3, -0.25) is 0 Å². The first kappa shape index (κ1) is 8.30. The van der Waals surface area contributed by atoms with Gasteiger partial charge in [-0.2, -0.15) is 14.9 Å². The van der Waals surface area contributed by atoms with Gasteiger partial charge in [-0.25, -0.2) is 9.78 Å². The number of carboxylic acids is 1. The highest BCUT2D eigenvalue weighted by molar-refractivity contribution is 5.90. The van der Waals surface area contributed by atoms with Crippen molar-refractivity contribution in [2.24, 2.45) is 0 Å². The lowest BCUT2D eigenvalue weighted by Gasteiger charge is -2.01. The zero-order valence-corrected chi connectivity index (χ0v) is 6.90. The Labute approximate surface area is 78.0 Å². The number of aromatic nitrogens is 5. The lowest BCUT2D eigenvalue weighted by molar-refractivity contribution is 0.0696. The molecular weight excluding hydrogens is 186 g/mol. The summed E-state index contributed by atoms with van der Waals surface area (Å²) < 4.78 is 1.25. The van der Waals surface area contributed by atoms with Gasteiger partial charge in [0.15, 0.2) is 5.82 Å². The van der Waals surface area contributed by atoms with Gasteiger partial charge >= 0.3 is 5.97 Å². The van der Waals surface area contributed by atoms with Crippen molar-refractivity contribution in [1.29, 1.82) is 0 Å². The number of hydrogen-bond acceptors (Lipinski definition) is 5. The van der Waals surface area contributed by atoms with Crippen LogP contribution in [0.25, 0.3) is 5.82 Å². The molecule has 0 atom stereocenters. The van der Waals surface area contributed by atoms with E-state index in [1.165, 1.54) is 29.6 Å². The van der Waals surface area contributed by atoms with Crippen molar-refractivity contribution in [2.45, 2.75) is 0 Å². The van der Waals surface area contributed by atoms with Gasteiger partial charge in [0.1, 0.15) is 18.2 Å². The predicted molar refractivity (Wildman–Crippen MR) is 43.9 cm³/mol. The van der Waals surface area contributed by atoms with Gasteiger partial charge in [-0.05, 0) is 6.07 Å². The maximum absolute atomic E-state index is 10.8. The van der Waals surface area contributed by atoms with E-state index >= 15 is 0 Å². The molecule has 0 aliphatic rings. The maximum Gasteiger partial charge on any atom is 0.339 e. The maximum atomic E-state index is 10.8. The SMILES string of the molecule is O=C(O)c1ccnnc1-n1cncn1. The van der Waals surface area contributed by atoms with Crippen molar-refractivity contribution >= 4 is 5.97 Å². The smallest absolute Gasteiger partial charge is 0.339 e. The standard InChI is InChI=1S/C7H5N5O2/c13-7(14)5-1-2-9-11-6(5)12-4-8-3-10-12/h1-4H,(H,13,14). The summed E-state index contributed by atoms with van der Waals surface area (Å²) in [6.07, 6.45) is 3.96. The monoisotopic (exact) mass is 191 g/mol. The number of nitrogens with zero attached hydrogens (tertiary/aromatic N) is 5. The Morgan fingerprint density at radius 3 is 3.00 bits per heavy atom. The molecule has 7 nitrogen and oxygen atoms in total.